The fraction of sp³-hybridized carbons (Fsp3) is 0.263. The third-order valence-corrected chi connectivity index (χ3v) is 5.22. The van der Waals surface area contributed by atoms with Crippen LogP contribution in [0.3, 0.4) is 0 Å². The van der Waals surface area contributed by atoms with Crippen molar-refractivity contribution in [3.63, 3.8) is 0 Å². The average Bonchev–Trinajstić information content (AvgIpc) is 3.28. The van der Waals surface area contributed by atoms with Crippen LogP contribution in [-0.4, -0.2) is 35.6 Å². The van der Waals surface area contributed by atoms with Gasteiger partial charge in [-0.15, -0.1) is 0 Å². The van der Waals surface area contributed by atoms with Crippen LogP contribution in [-0.2, 0) is 0 Å². The summed E-state index contributed by atoms with van der Waals surface area (Å²) in [5.41, 5.74) is 2.48. The molecule has 0 bridgehead atoms. The van der Waals surface area contributed by atoms with Crippen molar-refractivity contribution in [1.82, 2.24) is 15.4 Å². The first-order valence-corrected chi connectivity index (χ1v) is 9.32. The number of nitrogens with one attached hydrogen (secondary N) is 1. The molecule has 25 heavy (non-hydrogen) atoms. The molecule has 0 spiro atoms. The zero-order valence-corrected chi connectivity index (χ0v) is 14.5. The molecule has 128 valence electrons. The molecule has 1 aliphatic heterocycles. The number of hydrogen-bond donors (Lipinski definition) is 1. The molecule has 1 aromatic carbocycles. The van der Waals surface area contributed by atoms with Crippen molar-refractivity contribution in [2.24, 2.45) is 0 Å². The molecule has 0 saturated carbocycles. The Bertz CT molecular complexity index is 825. The van der Waals surface area contributed by atoms with Crippen LogP contribution in [0.25, 0.3) is 11.3 Å². The third-order valence-electron chi connectivity index (χ3n) is 4.52. The van der Waals surface area contributed by atoms with Gasteiger partial charge in [0.15, 0.2) is 11.5 Å². The molecule has 1 saturated heterocycles. The molecule has 1 atom stereocenters. The molecular formula is C19H19N3O2S. The van der Waals surface area contributed by atoms with Crippen molar-refractivity contribution >= 4 is 17.2 Å². The van der Waals surface area contributed by atoms with Crippen molar-refractivity contribution in [2.45, 2.75) is 12.5 Å². The lowest BCUT2D eigenvalue weighted by Gasteiger charge is -2.38. The van der Waals surface area contributed by atoms with E-state index in [0.717, 1.165) is 18.7 Å². The predicted octanol–water partition coefficient (Wildman–Crippen LogP) is 3.58. The highest BCUT2D eigenvalue weighted by atomic mass is 32.1. The van der Waals surface area contributed by atoms with E-state index in [1.54, 1.807) is 17.4 Å². The van der Waals surface area contributed by atoms with Gasteiger partial charge in [0, 0.05) is 31.3 Å². The number of carbonyl (C=O) groups is 1. The highest BCUT2D eigenvalue weighted by Crippen LogP contribution is 2.27. The topological polar surface area (TPSA) is 58.4 Å². The van der Waals surface area contributed by atoms with E-state index in [9.17, 15) is 4.79 Å². The minimum absolute atomic E-state index is 0.202. The first-order valence-electron chi connectivity index (χ1n) is 8.38. The van der Waals surface area contributed by atoms with Gasteiger partial charge in [-0.05, 0) is 28.8 Å². The normalized spacial score (nSPS) is 15.5. The molecule has 6 heteroatoms. The Morgan fingerprint density at radius 2 is 2.12 bits per heavy atom. The van der Waals surface area contributed by atoms with Crippen molar-refractivity contribution in [2.75, 3.05) is 19.6 Å². The van der Waals surface area contributed by atoms with Gasteiger partial charge in [-0.3, -0.25) is 9.69 Å². The Labute approximate surface area is 150 Å². The summed E-state index contributed by atoms with van der Waals surface area (Å²) in [6.45, 7) is 2.74. The minimum Gasteiger partial charge on any atom is -0.355 e. The van der Waals surface area contributed by atoms with Crippen LogP contribution >= 0.6 is 11.3 Å². The summed E-state index contributed by atoms with van der Waals surface area (Å²) in [4.78, 5) is 14.8. The quantitative estimate of drug-likeness (QED) is 0.736. The van der Waals surface area contributed by atoms with Crippen LogP contribution in [0.15, 0.2) is 57.7 Å². The van der Waals surface area contributed by atoms with Gasteiger partial charge >= 0.3 is 0 Å². The number of amides is 1. The van der Waals surface area contributed by atoms with Crippen molar-refractivity contribution in [3.8, 4) is 11.3 Å². The Balaban J connectivity index is 1.42. The van der Waals surface area contributed by atoms with Gasteiger partial charge < -0.3 is 9.84 Å². The van der Waals surface area contributed by atoms with E-state index >= 15 is 0 Å². The maximum Gasteiger partial charge on any atom is 0.273 e. The zero-order chi connectivity index (χ0) is 17.1. The van der Waals surface area contributed by atoms with Gasteiger partial charge in [-0.25, -0.2) is 0 Å². The second-order valence-electron chi connectivity index (χ2n) is 6.11. The molecule has 1 amide bonds. The molecule has 0 unspecified atom stereocenters. The number of aromatic nitrogens is 1. The summed E-state index contributed by atoms with van der Waals surface area (Å²) < 4.78 is 5.31. The van der Waals surface area contributed by atoms with E-state index in [-0.39, 0.29) is 11.9 Å². The van der Waals surface area contributed by atoms with Crippen LogP contribution in [0.2, 0.25) is 0 Å². The SMILES string of the molecule is O=C(NC[C@H](c1ccsc1)N1CCC1)c1cc(-c2ccccc2)on1. The molecular weight excluding hydrogens is 334 g/mol. The van der Waals surface area contributed by atoms with Crippen LogP contribution in [0, 0.1) is 0 Å². The maximum atomic E-state index is 12.4. The van der Waals surface area contributed by atoms with E-state index in [1.165, 1.54) is 12.0 Å². The van der Waals surface area contributed by atoms with E-state index in [2.05, 4.69) is 32.2 Å². The number of carbonyl (C=O) groups excluding carboxylic acids is 1. The summed E-state index contributed by atoms with van der Waals surface area (Å²) in [5, 5.41) is 11.1. The van der Waals surface area contributed by atoms with E-state index in [1.807, 2.05) is 30.3 Å². The smallest absolute Gasteiger partial charge is 0.273 e. The van der Waals surface area contributed by atoms with Gasteiger partial charge in [-0.1, -0.05) is 35.5 Å². The molecule has 0 radical (unpaired) electrons. The van der Waals surface area contributed by atoms with Gasteiger partial charge in [0.1, 0.15) is 0 Å². The van der Waals surface area contributed by atoms with E-state index < -0.39 is 0 Å². The Kier molecular flexibility index (Phi) is 4.63. The third kappa shape index (κ3) is 3.50. The summed E-state index contributed by atoms with van der Waals surface area (Å²) in [6, 6.07) is 13.7. The van der Waals surface area contributed by atoms with Gasteiger partial charge in [0.2, 0.25) is 0 Å². The fourth-order valence-electron chi connectivity index (χ4n) is 2.98. The maximum absolute atomic E-state index is 12.4. The lowest BCUT2D eigenvalue weighted by Crippen LogP contribution is -2.45. The predicted molar refractivity (Wildman–Crippen MR) is 97.5 cm³/mol. The van der Waals surface area contributed by atoms with Crippen LogP contribution in [0.5, 0.6) is 0 Å². The average molecular weight is 353 g/mol. The molecule has 5 nitrogen and oxygen atoms in total. The molecule has 0 aliphatic carbocycles. The van der Waals surface area contributed by atoms with Crippen molar-refractivity contribution in [1.29, 1.82) is 0 Å². The van der Waals surface area contributed by atoms with Crippen LogP contribution < -0.4 is 5.32 Å². The summed E-state index contributed by atoms with van der Waals surface area (Å²) in [6.07, 6.45) is 1.22. The first-order chi connectivity index (χ1) is 12.3. The number of nitrogens with zero attached hydrogens (tertiary/aromatic N) is 2. The van der Waals surface area contributed by atoms with Gasteiger partial charge in [0.25, 0.3) is 5.91 Å². The van der Waals surface area contributed by atoms with Crippen molar-refractivity contribution < 1.29 is 9.32 Å². The number of likely N-dealkylation sites (tertiary alicyclic amines) is 1. The number of hydrogen-bond acceptors (Lipinski definition) is 5. The summed E-state index contributed by atoms with van der Waals surface area (Å²) in [5.74, 6) is 0.398. The largest absolute Gasteiger partial charge is 0.355 e. The summed E-state index contributed by atoms with van der Waals surface area (Å²) >= 11 is 1.68. The minimum atomic E-state index is -0.202. The first kappa shape index (κ1) is 16.1. The summed E-state index contributed by atoms with van der Waals surface area (Å²) in [7, 11) is 0. The molecule has 1 N–H and O–H groups in total. The van der Waals surface area contributed by atoms with Crippen molar-refractivity contribution in [3.05, 3.63) is 64.5 Å². The van der Waals surface area contributed by atoms with Gasteiger partial charge in [0.05, 0.1) is 6.04 Å². The van der Waals surface area contributed by atoms with Gasteiger partial charge in [-0.2, -0.15) is 11.3 Å². The standard InChI is InChI=1S/C19H19N3O2S/c23-19(16-11-18(24-21-16)14-5-2-1-3-6-14)20-12-17(22-8-4-9-22)15-7-10-25-13-15/h1-3,5-7,10-11,13,17H,4,8-9,12H2,(H,20,23)/t17-/m1/s1. The zero-order valence-electron chi connectivity index (χ0n) is 13.7. The molecule has 4 rings (SSSR count). The van der Waals surface area contributed by atoms with E-state index in [0.29, 0.717) is 18.0 Å². The molecule has 3 heterocycles. The fourth-order valence-corrected chi connectivity index (χ4v) is 3.68. The lowest BCUT2D eigenvalue weighted by atomic mass is 10.0. The Morgan fingerprint density at radius 1 is 1.28 bits per heavy atom. The molecule has 3 aromatic rings. The number of rotatable bonds is 6. The number of thiophene rings is 1. The molecule has 1 aliphatic rings. The molecule has 1 fully saturated rings. The van der Waals surface area contributed by atoms with E-state index in [4.69, 9.17) is 4.52 Å². The highest BCUT2D eigenvalue weighted by molar-refractivity contribution is 7.07. The van der Waals surface area contributed by atoms with Crippen LogP contribution in [0.4, 0.5) is 0 Å². The van der Waals surface area contributed by atoms with Crippen LogP contribution in [0.1, 0.15) is 28.5 Å². The Morgan fingerprint density at radius 3 is 2.80 bits per heavy atom. The molecule has 2 aromatic heterocycles. The monoisotopic (exact) mass is 353 g/mol. The Hall–Kier alpha value is -2.44. The number of benzene rings is 1. The second kappa shape index (κ2) is 7.21. The lowest BCUT2D eigenvalue weighted by molar-refractivity contribution is 0.0877. The second-order valence-corrected chi connectivity index (χ2v) is 6.89. The highest BCUT2D eigenvalue weighted by Gasteiger charge is 2.26.